The van der Waals surface area contributed by atoms with Crippen LogP contribution in [0.3, 0.4) is 0 Å². The highest BCUT2D eigenvalue weighted by atomic mass is 16.6. The van der Waals surface area contributed by atoms with E-state index in [2.05, 4.69) is 29.3 Å². The van der Waals surface area contributed by atoms with Crippen LogP contribution in [0.2, 0.25) is 0 Å². The number of anilines is 1. The van der Waals surface area contributed by atoms with Crippen LogP contribution >= 0.6 is 0 Å². The van der Waals surface area contributed by atoms with Crippen molar-refractivity contribution in [3.8, 4) is 0 Å². The van der Waals surface area contributed by atoms with E-state index >= 15 is 0 Å². The van der Waals surface area contributed by atoms with Crippen LogP contribution in [-0.4, -0.2) is 45.8 Å². The second-order valence-corrected chi connectivity index (χ2v) is 6.04. The molecule has 0 aliphatic carbocycles. The zero-order valence-corrected chi connectivity index (χ0v) is 13.3. The van der Waals surface area contributed by atoms with E-state index < -0.39 is 0 Å². The van der Waals surface area contributed by atoms with Gasteiger partial charge in [-0.2, -0.15) is 5.10 Å². The molecule has 0 bridgehead atoms. The second-order valence-electron chi connectivity index (χ2n) is 6.04. The Hall–Kier alpha value is -1.63. The molecule has 0 saturated carbocycles. The summed E-state index contributed by atoms with van der Waals surface area (Å²) in [7, 11) is 2.11. The number of likely N-dealkylation sites (tertiary alicyclic amines) is 1. The summed E-state index contributed by atoms with van der Waals surface area (Å²) in [6.45, 7) is 8.64. The van der Waals surface area contributed by atoms with Gasteiger partial charge in [0.2, 0.25) is 5.82 Å². The van der Waals surface area contributed by atoms with Crippen molar-refractivity contribution in [1.82, 2.24) is 14.7 Å². The highest BCUT2D eigenvalue weighted by molar-refractivity contribution is 5.60. The van der Waals surface area contributed by atoms with E-state index in [0.29, 0.717) is 24.0 Å². The lowest BCUT2D eigenvalue weighted by molar-refractivity contribution is -0.384. The van der Waals surface area contributed by atoms with Crippen LogP contribution in [0.25, 0.3) is 0 Å². The SMILES string of the molecule is CCCn1nc(C)c([N+](=O)[O-])c1NC1CCN(C)CC1C. The quantitative estimate of drug-likeness (QED) is 0.666. The third kappa shape index (κ3) is 3.34. The van der Waals surface area contributed by atoms with Crippen molar-refractivity contribution in [2.45, 2.75) is 46.2 Å². The number of hydrogen-bond acceptors (Lipinski definition) is 5. The number of nitrogens with one attached hydrogen (secondary N) is 1. The van der Waals surface area contributed by atoms with Gasteiger partial charge in [0.1, 0.15) is 5.69 Å². The van der Waals surface area contributed by atoms with Crippen LogP contribution in [0.15, 0.2) is 0 Å². The van der Waals surface area contributed by atoms with E-state index in [4.69, 9.17) is 0 Å². The second kappa shape index (κ2) is 6.43. The van der Waals surface area contributed by atoms with E-state index in [0.717, 1.165) is 25.9 Å². The van der Waals surface area contributed by atoms with Crippen molar-refractivity contribution in [2.75, 3.05) is 25.5 Å². The Labute approximate surface area is 125 Å². The Bertz CT molecular complexity index is 514. The van der Waals surface area contributed by atoms with Crippen molar-refractivity contribution in [2.24, 2.45) is 5.92 Å². The first-order valence-electron chi connectivity index (χ1n) is 7.60. The summed E-state index contributed by atoms with van der Waals surface area (Å²) in [6, 6.07) is 0.256. The first-order chi connectivity index (χ1) is 9.93. The lowest BCUT2D eigenvalue weighted by atomic mass is 9.94. The number of aromatic nitrogens is 2. The van der Waals surface area contributed by atoms with Crippen LogP contribution in [-0.2, 0) is 6.54 Å². The fraction of sp³-hybridized carbons (Fsp3) is 0.786. The minimum Gasteiger partial charge on any atom is -0.361 e. The smallest absolute Gasteiger partial charge is 0.333 e. The first kappa shape index (κ1) is 15.8. The predicted molar refractivity (Wildman–Crippen MR) is 82.6 cm³/mol. The van der Waals surface area contributed by atoms with E-state index in [-0.39, 0.29) is 16.7 Å². The molecule has 2 atom stereocenters. The molecule has 1 aliphatic heterocycles. The van der Waals surface area contributed by atoms with E-state index in [1.807, 2.05) is 6.92 Å². The summed E-state index contributed by atoms with van der Waals surface area (Å²) in [5.41, 5.74) is 0.603. The zero-order valence-electron chi connectivity index (χ0n) is 13.3. The fourth-order valence-electron chi connectivity index (χ4n) is 3.05. The Morgan fingerprint density at radius 2 is 2.24 bits per heavy atom. The molecule has 1 fully saturated rings. The number of hydrogen-bond donors (Lipinski definition) is 1. The van der Waals surface area contributed by atoms with Gasteiger partial charge in [-0.3, -0.25) is 10.1 Å². The molecule has 0 spiro atoms. The van der Waals surface area contributed by atoms with E-state index in [1.54, 1.807) is 11.6 Å². The van der Waals surface area contributed by atoms with E-state index in [1.165, 1.54) is 0 Å². The highest BCUT2D eigenvalue weighted by Gasteiger charge is 2.30. The summed E-state index contributed by atoms with van der Waals surface area (Å²) < 4.78 is 1.75. The van der Waals surface area contributed by atoms with Gasteiger partial charge in [0.05, 0.1) is 4.92 Å². The minimum atomic E-state index is -0.323. The Balaban J connectivity index is 2.27. The molecule has 118 valence electrons. The van der Waals surface area contributed by atoms with Crippen LogP contribution in [0.5, 0.6) is 0 Å². The van der Waals surface area contributed by atoms with Gasteiger partial charge in [0.15, 0.2) is 0 Å². The molecule has 0 radical (unpaired) electrons. The standard InChI is InChI=1S/C14H25N5O2/c1-5-7-18-14(13(19(20)21)11(3)16-18)15-12-6-8-17(4)9-10(12)2/h10,12,15H,5-9H2,1-4H3. The van der Waals surface area contributed by atoms with Gasteiger partial charge in [-0.05, 0) is 39.3 Å². The first-order valence-corrected chi connectivity index (χ1v) is 7.60. The molecular formula is C14H25N5O2. The molecule has 7 heteroatoms. The van der Waals surface area contributed by atoms with Crippen LogP contribution in [0.1, 0.15) is 32.4 Å². The van der Waals surface area contributed by atoms with Crippen LogP contribution < -0.4 is 5.32 Å². The summed E-state index contributed by atoms with van der Waals surface area (Å²) in [4.78, 5) is 13.3. The van der Waals surface area contributed by atoms with Crippen molar-refractivity contribution in [3.63, 3.8) is 0 Å². The molecule has 2 heterocycles. The molecule has 2 rings (SSSR count). The summed E-state index contributed by atoms with van der Waals surface area (Å²) in [5, 5.41) is 19.1. The van der Waals surface area contributed by atoms with Crippen molar-refractivity contribution < 1.29 is 4.92 Å². The monoisotopic (exact) mass is 295 g/mol. The fourth-order valence-corrected chi connectivity index (χ4v) is 3.05. The summed E-state index contributed by atoms with van der Waals surface area (Å²) >= 11 is 0. The Kier molecular flexibility index (Phi) is 4.82. The predicted octanol–water partition coefficient (Wildman–Crippen LogP) is 2.26. The molecule has 0 aromatic carbocycles. The maximum absolute atomic E-state index is 11.3. The van der Waals surface area contributed by atoms with Gasteiger partial charge in [-0.15, -0.1) is 0 Å². The zero-order chi connectivity index (χ0) is 15.6. The molecule has 1 aliphatic rings. The normalized spacial score (nSPS) is 23.2. The van der Waals surface area contributed by atoms with E-state index in [9.17, 15) is 10.1 Å². The molecular weight excluding hydrogens is 270 g/mol. The highest BCUT2D eigenvalue weighted by Crippen LogP contribution is 2.31. The third-order valence-electron chi connectivity index (χ3n) is 4.14. The van der Waals surface area contributed by atoms with Gasteiger partial charge >= 0.3 is 5.69 Å². The number of nitro groups is 1. The van der Waals surface area contributed by atoms with Crippen LogP contribution in [0.4, 0.5) is 11.5 Å². The Morgan fingerprint density at radius 1 is 1.52 bits per heavy atom. The average molecular weight is 295 g/mol. The van der Waals surface area contributed by atoms with Crippen molar-refractivity contribution in [3.05, 3.63) is 15.8 Å². The van der Waals surface area contributed by atoms with Gasteiger partial charge < -0.3 is 10.2 Å². The van der Waals surface area contributed by atoms with Gasteiger partial charge in [-0.25, -0.2) is 4.68 Å². The molecule has 1 aromatic rings. The lowest BCUT2D eigenvalue weighted by Gasteiger charge is -2.35. The Morgan fingerprint density at radius 3 is 2.81 bits per heavy atom. The van der Waals surface area contributed by atoms with Crippen LogP contribution in [0, 0.1) is 23.0 Å². The maximum atomic E-state index is 11.3. The number of rotatable bonds is 5. The largest absolute Gasteiger partial charge is 0.361 e. The molecule has 1 N–H and O–H groups in total. The topological polar surface area (TPSA) is 76.2 Å². The average Bonchev–Trinajstić information content (AvgIpc) is 2.69. The molecule has 1 aromatic heterocycles. The van der Waals surface area contributed by atoms with Crippen molar-refractivity contribution >= 4 is 11.5 Å². The number of piperidine rings is 1. The molecule has 2 unspecified atom stereocenters. The molecule has 21 heavy (non-hydrogen) atoms. The minimum absolute atomic E-state index is 0.120. The number of aryl methyl sites for hydroxylation is 2. The summed E-state index contributed by atoms with van der Waals surface area (Å²) in [5.74, 6) is 1.02. The van der Waals surface area contributed by atoms with Crippen molar-refractivity contribution in [1.29, 1.82) is 0 Å². The van der Waals surface area contributed by atoms with Gasteiger partial charge in [0.25, 0.3) is 0 Å². The summed E-state index contributed by atoms with van der Waals surface area (Å²) in [6.07, 6.45) is 1.89. The number of nitrogens with zero attached hydrogens (tertiary/aromatic N) is 4. The lowest BCUT2D eigenvalue weighted by Crippen LogP contribution is -2.43. The van der Waals surface area contributed by atoms with Gasteiger partial charge in [0, 0.05) is 19.1 Å². The third-order valence-corrected chi connectivity index (χ3v) is 4.14. The molecule has 1 saturated heterocycles. The molecule has 7 nitrogen and oxygen atoms in total. The van der Waals surface area contributed by atoms with Gasteiger partial charge in [-0.1, -0.05) is 13.8 Å². The maximum Gasteiger partial charge on any atom is 0.333 e. The molecule has 0 amide bonds.